The molecule has 0 bridgehead atoms. The van der Waals surface area contributed by atoms with Crippen molar-refractivity contribution >= 4 is 29.9 Å². The van der Waals surface area contributed by atoms with Crippen LogP contribution in [0, 0.1) is 11.6 Å². The van der Waals surface area contributed by atoms with Gasteiger partial charge in [-0.3, -0.25) is 9.89 Å². The Kier molecular flexibility index (Phi) is 10.7. The highest BCUT2D eigenvalue weighted by Crippen LogP contribution is 2.15. The summed E-state index contributed by atoms with van der Waals surface area (Å²) in [4.78, 5) is 5.87. The Hall–Kier alpha value is -1.30. The van der Waals surface area contributed by atoms with E-state index in [0.717, 1.165) is 25.0 Å². The molecule has 154 valence electrons. The minimum absolute atomic E-state index is 0. The van der Waals surface area contributed by atoms with Crippen molar-refractivity contribution in [3.8, 4) is 5.75 Å². The molecule has 0 spiro atoms. The summed E-state index contributed by atoms with van der Waals surface area (Å²) >= 11 is 0. The highest BCUT2D eigenvalue weighted by atomic mass is 127. The lowest BCUT2D eigenvalue weighted by atomic mass is 10.1. The van der Waals surface area contributed by atoms with Gasteiger partial charge in [-0.2, -0.15) is 0 Å². The quantitative estimate of drug-likeness (QED) is 0.197. The molecule has 1 fully saturated rings. The molecule has 1 heterocycles. The number of aliphatic imine (C=N–C) groups is 1. The number of alkyl halides is 2. The Balaban J connectivity index is 0.00000364. The smallest absolute Gasteiger partial charge is 0.251 e. The molecular weight excluding hydrogens is 479 g/mol. The van der Waals surface area contributed by atoms with Crippen LogP contribution in [-0.4, -0.2) is 63.2 Å². The molecule has 27 heavy (non-hydrogen) atoms. The van der Waals surface area contributed by atoms with Crippen molar-refractivity contribution in [2.45, 2.75) is 25.3 Å². The molecule has 1 aromatic rings. The van der Waals surface area contributed by atoms with Crippen molar-refractivity contribution in [2.75, 3.05) is 39.8 Å². The summed E-state index contributed by atoms with van der Waals surface area (Å²) in [5.41, 5.74) is 0. The molecule has 10 heteroatoms. The summed E-state index contributed by atoms with van der Waals surface area (Å²) in [5, 5.41) is 6.32. The van der Waals surface area contributed by atoms with Crippen LogP contribution >= 0.6 is 24.0 Å². The van der Waals surface area contributed by atoms with E-state index in [-0.39, 0.29) is 48.9 Å². The van der Waals surface area contributed by atoms with Gasteiger partial charge in [0, 0.05) is 32.2 Å². The Morgan fingerprint density at radius 1 is 1.26 bits per heavy atom. The van der Waals surface area contributed by atoms with Gasteiger partial charge in [0.15, 0.2) is 17.6 Å². The van der Waals surface area contributed by atoms with Gasteiger partial charge in [-0.1, -0.05) is 0 Å². The summed E-state index contributed by atoms with van der Waals surface area (Å²) in [7, 11) is 1.64. The second kappa shape index (κ2) is 12.2. The summed E-state index contributed by atoms with van der Waals surface area (Å²) < 4.78 is 56.0. The number of halogens is 5. The molecule has 0 unspecified atom stereocenters. The second-order valence-electron chi connectivity index (χ2n) is 6.03. The van der Waals surface area contributed by atoms with Crippen molar-refractivity contribution in [1.82, 2.24) is 15.5 Å². The monoisotopic (exact) mass is 504 g/mol. The van der Waals surface area contributed by atoms with E-state index >= 15 is 0 Å². The average Bonchev–Trinajstić information content (AvgIpc) is 2.61. The number of benzene rings is 1. The molecule has 0 atom stereocenters. The lowest BCUT2D eigenvalue weighted by molar-refractivity contribution is 0.0744. The topological polar surface area (TPSA) is 48.9 Å². The number of nitrogens with one attached hydrogen (secondary N) is 2. The Morgan fingerprint density at radius 3 is 2.56 bits per heavy atom. The molecule has 0 amide bonds. The van der Waals surface area contributed by atoms with Gasteiger partial charge in [0.1, 0.15) is 12.4 Å². The molecule has 0 saturated carbocycles. The van der Waals surface area contributed by atoms with Crippen LogP contribution in [0.1, 0.15) is 12.8 Å². The van der Waals surface area contributed by atoms with Crippen LogP contribution in [0.25, 0.3) is 0 Å². The van der Waals surface area contributed by atoms with Gasteiger partial charge in [0.25, 0.3) is 6.43 Å². The second-order valence-corrected chi connectivity index (χ2v) is 6.03. The van der Waals surface area contributed by atoms with E-state index in [4.69, 9.17) is 4.74 Å². The van der Waals surface area contributed by atoms with Crippen molar-refractivity contribution in [2.24, 2.45) is 4.99 Å². The first-order valence-electron chi connectivity index (χ1n) is 8.53. The van der Waals surface area contributed by atoms with Crippen molar-refractivity contribution in [3.63, 3.8) is 0 Å². The zero-order valence-corrected chi connectivity index (χ0v) is 17.4. The SMILES string of the molecule is CN=C(NCCOc1ccc(F)c(F)c1)NC1CCN(CC(F)F)CC1.I. The van der Waals surface area contributed by atoms with Crippen LogP contribution in [0.5, 0.6) is 5.75 Å². The minimum atomic E-state index is -2.30. The van der Waals surface area contributed by atoms with E-state index in [2.05, 4.69) is 15.6 Å². The maximum atomic E-state index is 13.1. The maximum Gasteiger partial charge on any atom is 0.251 e. The van der Waals surface area contributed by atoms with Gasteiger partial charge in [0.05, 0.1) is 13.1 Å². The third-order valence-corrected chi connectivity index (χ3v) is 4.10. The fourth-order valence-electron chi connectivity index (χ4n) is 2.75. The molecule has 1 aromatic carbocycles. The molecule has 5 nitrogen and oxygen atoms in total. The first-order chi connectivity index (χ1) is 12.5. The van der Waals surface area contributed by atoms with Crippen LogP contribution in [0.3, 0.4) is 0 Å². The molecule has 1 saturated heterocycles. The summed E-state index contributed by atoms with van der Waals surface area (Å²) in [6, 6.07) is 3.54. The highest BCUT2D eigenvalue weighted by molar-refractivity contribution is 14.0. The van der Waals surface area contributed by atoms with E-state index in [0.29, 0.717) is 25.6 Å². The van der Waals surface area contributed by atoms with Crippen LogP contribution < -0.4 is 15.4 Å². The number of piperidine rings is 1. The number of rotatable bonds is 7. The highest BCUT2D eigenvalue weighted by Gasteiger charge is 2.21. The molecule has 1 aliphatic rings. The molecule has 1 aliphatic heterocycles. The van der Waals surface area contributed by atoms with Gasteiger partial charge >= 0.3 is 0 Å². The van der Waals surface area contributed by atoms with Crippen molar-refractivity contribution in [3.05, 3.63) is 29.8 Å². The molecule has 0 aromatic heterocycles. The van der Waals surface area contributed by atoms with E-state index in [1.165, 1.54) is 6.07 Å². The summed E-state index contributed by atoms with van der Waals surface area (Å²) in [6.07, 6.45) is -0.777. The Bertz CT molecular complexity index is 598. The number of guanidine groups is 1. The average molecular weight is 504 g/mol. The van der Waals surface area contributed by atoms with E-state index in [1.807, 2.05) is 0 Å². The number of ether oxygens (including phenoxy) is 1. The number of hydrogen-bond donors (Lipinski definition) is 2. The van der Waals surface area contributed by atoms with Gasteiger partial charge in [-0.25, -0.2) is 17.6 Å². The molecule has 0 aliphatic carbocycles. The fraction of sp³-hybridized carbons (Fsp3) is 0.588. The van der Waals surface area contributed by atoms with Gasteiger partial charge in [-0.05, 0) is 25.0 Å². The third kappa shape index (κ3) is 8.50. The van der Waals surface area contributed by atoms with E-state index in [9.17, 15) is 17.6 Å². The molecule has 2 N–H and O–H groups in total. The summed E-state index contributed by atoms with van der Waals surface area (Å²) in [6.45, 7) is 1.74. The van der Waals surface area contributed by atoms with Crippen molar-refractivity contribution < 1.29 is 22.3 Å². The van der Waals surface area contributed by atoms with Crippen LogP contribution in [-0.2, 0) is 0 Å². The fourth-order valence-corrected chi connectivity index (χ4v) is 2.75. The summed E-state index contributed by atoms with van der Waals surface area (Å²) in [5.74, 6) is -1.03. The first kappa shape index (κ1) is 23.7. The number of hydrogen-bond acceptors (Lipinski definition) is 3. The van der Waals surface area contributed by atoms with Gasteiger partial charge in [-0.15, -0.1) is 24.0 Å². The predicted octanol–water partition coefficient (Wildman–Crippen LogP) is 2.86. The van der Waals surface area contributed by atoms with E-state index < -0.39 is 18.1 Å². The Labute approximate surface area is 173 Å². The molecular formula is C17H25F4IN4O. The van der Waals surface area contributed by atoms with Crippen LogP contribution in [0.4, 0.5) is 17.6 Å². The maximum absolute atomic E-state index is 13.1. The lowest BCUT2D eigenvalue weighted by Gasteiger charge is -2.32. The van der Waals surface area contributed by atoms with Crippen LogP contribution in [0.2, 0.25) is 0 Å². The standard InChI is InChI=1S/C17H24F4N4O.HI/c1-22-17(24-12-4-7-25(8-5-12)11-16(20)21)23-6-9-26-13-2-3-14(18)15(19)10-13;/h2-3,10,12,16H,4-9,11H2,1H3,(H2,22,23,24);1H. The van der Waals surface area contributed by atoms with E-state index in [1.54, 1.807) is 11.9 Å². The molecule has 0 radical (unpaired) electrons. The predicted molar refractivity (Wildman–Crippen MR) is 107 cm³/mol. The first-order valence-corrected chi connectivity index (χ1v) is 8.53. The number of likely N-dealkylation sites (tertiary alicyclic amines) is 1. The zero-order valence-electron chi connectivity index (χ0n) is 15.1. The zero-order chi connectivity index (χ0) is 18.9. The van der Waals surface area contributed by atoms with Crippen molar-refractivity contribution in [1.29, 1.82) is 0 Å². The van der Waals surface area contributed by atoms with Crippen LogP contribution in [0.15, 0.2) is 23.2 Å². The van der Waals surface area contributed by atoms with Gasteiger partial charge in [0.2, 0.25) is 0 Å². The lowest BCUT2D eigenvalue weighted by Crippen LogP contribution is -2.49. The molecule has 2 rings (SSSR count). The number of nitrogens with zero attached hydrogens (tertiary/aromatic N) is 2. The normalized spacial score (nSPS) is 16.1. The third-order valence-electron chi connectivity index (χ3n) is 4.10. The van der Waals surface area contributed by atoms with Gasteiger partial charge < -0.3 is 15.4 Å². The minimum Gasteiger partial charge on any atom is -0.492 e. The largest absolute Gasteiger partial charge is 0.492 e. The Morgan fingerprint density at radius 2 is 1.96 bits per heavy atom.